The van der Waals surface area contributed by atoms with Gasteiger partial charge in [-0.2, -0.15) is 5.10 Å². The zero-order valence-electron chi connectivity index (χ0n) is 17.0. The van der Waals surface area contributed by atoms with Gasteiger partial charge in [0, 0.05) is 23.9 Å². The maximum atomic E-state index is 12.1. The topological polar surface area (TPSA) is 71.0 Å². The van der Waals surface area contributed by atoms with Crippen LogP contribution in [-0.4, -0.2) is 26.8 Å². The van der Waals surface area contributed by atoms with Gasteiger partial charge in [0.25, 0.3) is 5.91 Å². The summed E-state index contributed by atoms with van der Waals surface area (Å²) >= 11 is 5.31. The van der Waals surface area contributed by atoms with Crippen LogP contribution in [0.2, 0.25) is 0 Å². The van der Waals surface area contributed by atoms with Gasteiger partial charge in [0.15, 0.2) is 5.11 Å². The van der Waals surface area contributed by atoms with E-state index in [1.165, 1.54) is 24.5 Å². The molecule has 0 unspecified atom stereocenters. The van der Waals surface area contributed by atoms with Crippen LogP contribution < -0.4 is 16.2 Å². The molecule has 1 fully saturated rings. The first kappa shape index (κ1) is 21.0. The molecule has 6 nitrogen and oxygen atoms in total. The number of carbonyl (C=O) groups is 1. The number of benzene rings is 1. The molecule has 2 aromatic rings. The van der Waals surface area contributed by atoms with Crippen LogP contribution in [0.15, 0.2) is 48.8 Å². The van der Waals surface area contributed by atoms with E-state index in [1.54, 1.807) is 12.3 Å². The van der Waals surface area contributed by atoms with Crippen LogP contribution >= 0.6 is 12.2 Å². The van der Waals surface area contributed by atoms with Crippen LogP contribution in [0.1, 0.15) is 44.2 Å². The maximum absolute atomic E-state index is 12.1. The minimum Gasteiger partial charge on any atom is -0.358 e. The normalized spacial score (nSPS) is 21.7. The molecule has 0 saturated heterocycles. The van der Waals surface area contributed by atoms with Crippen LogP contribution in [-0.2, 0) is 11.3 Å². The van der Waals surface area contributed by atoms with E-state index < -0.39 is 0 Å². The zero-order valence-corrected chi connectivity index (χ0v) is 17.8. The molecule has 1 aliphatic carbocycles. The van der Waals surface area contributed by atoms with Gasteiger partial charge in [0.2, 0.25) is 0 Å². The molecule has 1 aromatic carbocycles. The van der Waals surface area contributed by atoms with Crippen molar-refractivity contribution in [1.29, 1.82) is 0 Å². The van der Waals surface area contributed by atoms with E-state index in [0.717, 1.165) is 12.0 Å². The highest BCUT2D eigenvalue weighted by Crippen LogP contribution is 2.29. The molecule has 1 aromatic heterocycles. The molecule has 1 heterocycles. The van der Waals surface area contributed by atoms with E-state index in [-0.39, 0.29) is 5.91 Å². The number of rotatable bonds is 5. The largest absolute Gasteiger partial charge is 0.358 e. The molecule has 1 aliphatic rings. The first-order chi connectivity index (χ1) is 14.0. The Morgan fingerprint density at radius 2 is 2.03 bits per heavy atom. The quantitative estimate of drug-likeness (QED) is 0.400. The lowest BCUT2D eigenvalue weighted by Gasteiger charge is -2.35. The molecule has 3 N–H and O–H groups in total. The lowest BCUT2D eigenvalue weighted by Crippen LogP contribution is -2.52. The van der Waals surface area contributed by atoms with Crippen molar-refractivity contribution in [3.05, 3.63) is 59.9 Å². The fraction of sp³-hybridized carbons (Fsp3) is 0.409. The third kappa shape index (κ3) is 6.42. The SMILES string of the molecule is C[C@H]1[C@@H](NC(=S)NNC(=O)/C=C/c2cnn(Cc3ccccc3)c2)CCC[C@@H]1C. The van der Waals surface area contributed by atoms with E-state index >= 15 is 0 Å². The van der Waals surface area contributed by atoms with Crippen LogP contribution in [0, 0.1) is 11.8 Å². The Morgan fingerprint density at radius 1 is 1.24 bits per heavy atom. The lowest BCUT2D eigenvalue weighted by molar-refractivity contribution is -0.116. The summed E-state index contributed by atoms with van der Waals surface area (Å²) in [5.74, 6) is 0.978. The van der Waals surface area contributed by atoms with Crippen molar-refractivity contribution in [3.8, 4) is 0 Å². The van der Waals surface area contributed by atoms with Crippen molar-refractivity contribution >= 4 is 29.3 Å². The zero-order chi connectivity index (χ0) is 20.6. The highest BCUT2D eigenvalue weighted by Gasteiger charge is 2.27. The molecule has 1 saturated carbocycles. The summed E-state index contributed by atoms with van der Waals surface area (Å²) in [6.45, 7) is 5.23. The van der Waals surface area contributed by atoms with Crippen molar-refractivity contribution < 1.29 is 4.79 Å². The van der Waals surface area contributed by atoms with E-state index in [0.29, 0.717) is 29.5 Å². The Kier molecular flexibility index (Phi) is 7.41. The van der Waals surface area contributed by atoms with E-state index in [1.807, 2.05) is 29.1 Å². The molecule has 3 rings (SSSR count). The molecule has 0 radical (unpaired) electrons. The Bertz CT molecular complexity index is 848. The second-order valence-corrected chi connectivity index (χ2v) is 8.16. The molecule has 3 atom stereocenters. The molecule has 154 valence electrons. The fourth-order valence-corrected chi connectivity index (χ4v) is 3.85. The van der Waals surface area contributed by atoms with Gasteiger partial charge in [0.1, 0.15) is 0 Å². The van der Waals surface area contributed by atoms with Gasteiger partial charge in [0.05, 0.1) is 12.7 Å². The molecule has 0 spiro atoms. The summed E-state index contributed by atoms with van der Waals surface area (Å²) in [5, 5.41) is 8.10. The Morgan fingerprint density at radius 3 is 2.83 bits per heavy atom. The van der Waals surface area contributed by atoms with Gasteiger partial charge in [-0.05, 0) is 42.1 Å². The van der Waals surface area contributed by atoms with Gasteiger partial charge in [-0.1, -0.05) is 57.0 Å². The Hall–Kier alpha value is -2.67. The van der Waals surface area contributed by atoms with Crippen molar-refractivity contribution in [1.82, 2.24) is 25.9 Å². The first-order valence-corrected chi connectivity index (χ1v) is 10.5. The number of carbonyl (C=O) groups excluding carboxylic acids is 1. The summed E-state index contributed by atoms with van der Waals surface area (Å²) in [7, 11) is 0. The molecule has 0 bridgehead atoms. The third-order valence-corrected chi connectivity index (χ3v) is 5.81. The summed E-state index contributed by atoms with van der Waals surface area (Å²) in [5.41, 5.74) is 7.44. The Balaban J connectivity index is 1.42. The Labute approximate surface area is 177 Å². The summed E-state index contributed by atoms with van der Waals surface area (Å²) < 4.78 is 1.84. The minimum atomic E-state index is -0.268. The van der Waals surface area contributed by atoms with Gasteiger partial charge in [-0.15, -0.1) is 0 Å². The van der Waals surface area contributed by atoms with Gasteiger partial charge in [-0.3, -0.25) is 20.3 Å². The highest BCUT2D eigenvalue weighted by atomic mass is 32.1. The molecule has 29 heavy (non-hydrogen) atoms. The predicted octanol–water partition coefficient (Wildman–Crippen LogP) is 3.26. The number of hydrazine groups is 1. The smallest absolute Gasteiger partial charge is 0.262 e. The van der Waals surface area contributed by atoms with E-state index in [4.69, 9.17) is 12.2 Å². The molecule has 0 aliphatic heterocycles. The van der Waals surface area contributed by atoms with Crippen molar-refractivity contribution in [2.75, 3.05) is 0 Å². The molecule has 1 amide bonds. The fourth-order valence-electron chi connectivity index (χ4n) is 3.64. The number of thiocarbonyl (C=S) groups is 1. The highest BCUT2D eigenvalue weighted by molar-refractivity contribution is 7.80. The van der Waals surface area contributed by atoms with Gasteiger partial charge >= 0.3 is 0 Å². The molecular weight excluding hydrogens is 382 g/mol. The monoisotopic (exact) mass is 411 g/mol. The average Bonchev–Trinajstić information content (AvgIpc) is 3.16. The van der Waals surface area contributed by atoms with E-state index in [2.05, 4.69) is 47.2 Å². The second kappa shape index (κ2) is 10.2. The van der Waals surface area contributed by atoms with Crippen molar-refractivity contribution in [2.45, 2.75) is 45.7 Å². The van der Waals surface area contributed by atoms with E-state index in [9.17, 15) is 4.79 Å². The third-order valence-electron chi connectivity index (χ3n) is 5.59. The number of aromatic nitrogens is 2. The van der Waals surface area contributed by atoms with Crippen LogP contribution in [0.3, 0.4) is 0 Å². The second-order valence-electron chi connectivity index (χ2n) is 7.75. The molecule has 7 heteroatoms. The first-order valence-electron chi connectivity index (χ1n) is 10.1. The molecular formula is C22H29N5OS. The predicted molar refractivity (Wildman–Crippen MR) is 120 cm³/mol. The summed E-state index contributed by atoms with van der Waals surface area (Å²) in [4.78, 5) is 12.1. The van der Waals surface area contributed by atoms with Gasteiger partial charge < -0.3 is 5.32 Å². The number of hydrogen-bond acceptors (Lipinski definition) is 3. The van der Waals surface area contributed by atoms with Crippen LogP contribution in [0.25, 0.3) is 6.08 Å². The number of hydrogen-bond donors (Lipinski definition) is 3. The van der Waals surface area contributed by atoms with Gasteiger partial charge in [-0.25, -0.2) is 0 Å². The summed E-state index contributed by atoms with van der Waals surface area (Å²) in [6.07, 6.45) is 10.4. The number of amides is 1. The number of nitrogens with one attached hydrogen (secondary N) is 3. The van der Waals surface area contributed by atoms with Crippen LogP contribution in [0.4, 0.5) is 0 Å². The van der Waals surface area contributed by atoms with Crippen molar-refractivity contribution in [3.63, 3.8) is 0 Å². The minimum absolute atomic E-state index is 0.268. The number of nitrogens with zero attached hydrogens (tertiary/aromatic N) is 2. The van der Waals surface area contributed by atoms with Crippen LogP contribution in [0.5, 0.6) is 0 Å². The standard InChI is InChI=1S/C22H29N5OS/c1-16-7-6-10-20(17(16)2)24-22(29)26-25-21(28)12-11-19-13-23-27(15-19)14-18-8-4-3-5-9-18/h3-5,8-9,11-13,15-17,20H,6-7,10,14H2,1-2H3,(H,25,28)(H2,24,26,29)/b12-11+/t16-,17+,20-/m0/s1. The summed E-state index contributed by atoms with van der Waals surface area (Å²) in [6, 6.07) is 10.5. The lowest BCUT2D eigenvalue weighted by atomic mass is 9.78. The maximum Gasteiger partial charge on any atom is 0.262 e. The van der Waals surface area contributed by atoms with Crippen molar-refractivity contribution in [2.24, 2.45) is 11.8 Å². The average molecular weight is 412 g/mol.